The van der Waals surface area contributed by atoms with Crippen LogP contribution in [-0.4, -0.2) is 4.92 Å². The first-order valence-corrected chi connectivity index (χ1v) is 6.74. The van der Waals surface area contributed by atoms with Gasteiger partial charge in [-0.15, -0.1) is 0 Å². The lowest BCUT2D eigenvalue weighted by Crippen LogP contribution is -2.03. The maximum atomic E-state index is 13.2. The molecular formula is C16H17FN2O2. The highest BCUT2D eigenvalue weighted by Gasteiger charge is 2.14. The Hall–Kier alpha value is -2.43. The van der Waals surface area contributed by atoms with E-state index in [1.54, 1.807) is 0 Å². The van der Waals surface area contributed by atoms with Crippen LogP contribution in [0.25, 0.3) is 0 Å². The molecule has 0 bridgehead atoms. The number of benzene rings is 2. The van der Waals surface area contributed by atoms with Gasteiger partial charge in [0.25, 0.3) is 5.69 Å². The highest BCUT2D eigenvalue weighted by molar-refractivity contribution is 5.61. The average Bonchev–Trinajstić information content (AvgIpc) is 2.45. The van der Waals surface area contributed by atoms with Crippen LogP contribution in [0.3, 0.4) is 0 Å². The molecule has 0 spiro atoms. The second kappa shape index (κ2) is 6.35. The molecule has 0 unspecified atom stereocenters. The zero-order valence-electron chi connectivity index (χ0n) is 12.0. The van der Waals surface area contributed by atoms with E-state index in [0.29, 0.717) is 12.5 Å². The van der Waals surface area contributed by atoms with Crippen molar-refractivity contribution in [3.05, 3.63) is 69.5 Å². The third-order valence-corrected chi connectivity index (χ3v) is 3.28. The third-order valence-electron chi connectivity index (χ3n) is 3.28. The molecule has 0 radical (unpaired) electrons. The molecular weight excluding hydrogens is 271 g/mol. The van der Waals surface area contributed by atoms with Crippen LogP contribution in [0.15, 0.2) is 42.5 Å². The maximum Gasteiger partial charge on any atom is 0.292 e. The minimum absolute atomic E-state index is 0.129. The molecule has 0 fully saturated rings. The van der Waals surface area contributed by atoms with E-state index < -0.39 is 10.7 Å². The molecule has 0 aliphatic heterocycles. The molecule has 4 nitrogen and oxygen atoms in total. The van der Waals surface area contributed by atoms with E-state index >= 15 is 0 Å². The van der Waals surface area contributed by atoms with Gasteiger partial charge in [0.1, 0.15) is 11.5 Å². The summed E-state index contributed by atoms with van der Waals surface area (Å²) in [6.45, 7) is 4.63. The summed E-state index contributed by atoms with van der Waals surface area (Å²) in [6.07, 6.45) is 0. The summed E-state index contributed by atoms with van der Waals surface area (Å²) in [7, 11) is 0. The van der Waals surface area contributed by atoms with Crippen LogP contribution in [0, 0.1) is 15.9 Å². The normalized spacial score (nSPS) is 10.7. The predicted molar refractivity (Wildman–Crippen MR) is 80.9 cm³/mol. The van der Waals surface area contributed by atoms with E-state index in [2.05, 4.69) is 19.2 Å². The third kappa shape index (κ3) is 3.78. The minimum atomic E-state index is -0.524. The van der Waals surface area contributed by atoms with Gasteiger partial charge in [-0.05, 0) is 23.1 Å². The van der Waals surface area contributed by atoms with E-state index in [0.717, 1.165) is 17.7 Å². The first-order valence-electron chi connectivity index (χ1n) is 6.74. The molecule has 5 heteroatoms. The number of nitrogens with zero attached hydrogens (tertiary/aromatic N) is 1. The van der Waals surface area contributed by atoms with E-state index in [4.69, 9.17) is 0 Å². The van der Waals surface area contributed by atoms with Gasteiger partial charge in [0.05, 0.1) is 4.92 Å². The number of hydrogen-bond acceptors (Lipinski definition) is 3. The molecule has 0 heterocycles. The van der Waals surface area contributed by atoms with E-state index in [1.165, 1.54) is 11.6 Å². The molecule has 0 saturated carbocycles. The Kier molecular flexibility index (Phi) is 4.52. The molecule has 0 saturated heterocycles. The quantitative estimate of drug-likeness (QED) is 0.652. The van der Waals surface area contributed by atoms with Gasteiger partial charge in [-0.25, -0.2) is 4.39 Å². The van der Waals surface area contributed by atoms with Crippen LogP contribution in [0.4, 0.5) is 15.8 Å². The summed E-state index contributed by atoms with van der Waals surface area (Å²) in [5.41, 5.74) is 2.27. The van der Waals surface area contributed by atoms with Crippen molar-refractivity contribution in [1.29, 1.82) is 0 Å². The van der Waals surface area contributed by atoms with Crippen molar-refractivity contribution >= 4 is 11.4 Å². The summed E-state index contributed by atoms with van der Waals surface area (Å²) >= 11 is 0. The van der Waals surface area contributed by atoms with Crippen molar-refractivity contribution in [2.45, 2.75) is 26.3 Å². The Balaban J connectivity index is 2.12. The van der Waals surface area contributed by atoms with Gasteiger partial charge in [0, 0.05) is 18.7 Å². The first-order chi connectivity index (χ1) is 9.97. The number of anilines is 1. The number of hydrogen-bond donors (Lipinski definition) is 1. The highest BCUT2D eigenvalue weighted by atomic mass is 19.1. The lowest BCUT2D eigenvalue weighted by Gasteiger charge is -2.09. The fourth-order valence-electron chi connectivity index (χ4n) is 2.03. The molecule has 2 rings (SSSR count). The molecule has 1 N–H and O–H groups in total. The molecule has 0 atom stereocenters. The van der Waals surface area contributed by atoms with Crippen molar-refractivity contribution in [1.82, 2.24) is 0 Å². The number of rotatable bonds is 5. The van der Waals surface area contributed by atoms with Crippen LogP contribution in [-0.2, 0) is 6.54 Å². The standard InChI is InChI=1S/C16H17FN2O2/c1-11(2)13-5-3-12(4-6-13)10-18-15-9-14(17)7-8-16(15)19(20)21/h3-9,11,18H,10H2,1-2H3. The van der Waals surface area contributed by atoms with E-state index in [-0.39, 0.29) is 11.4 Å². The van der Waals surface area contributed by atoms with Gasteiger partial charge in [-0.1, -0.05) is 38.1 Å². The second-order valence-corrected chi connectivity index (χ2v) is 5.17. The molecule has 2 aromatic rings. The van der Waals surface area contributed by atoms with Gasteiger partial charge in [0.15, 0.2) is 0 Å². The summed E-state index contributed by atoms with van der Waals surface area (Å²) in [5.74, 6) is -0.0467. The van der Waals surface area contributed by atoms with E-state index in [1.807, 2.05) is 24.3 Å². The van der Waals surface area contributed by atoms with Crippen molar-refractivity contribution in [3.63, 3.8) is 0 Å². The van der Waals surface area contributed by atoms with Gasteiger partial charge in [-0.3, -0.25) is 10.1 Å². The average molecular weight is 288 g/mol. The zero-order chi connectivity index (χ0) is 15.4. The number of nitro benzene ring substituents is 1. The molecule has 0 aromatic heterocycles. The van der Waals surface area contributed by atoms with Crippen LogP contribution < -0.4 is 5.32 Å². The summed E-state index contributed by atoms with van der Waals surface area (Å²) < 4.78 is 13.2. The van der Waals surface area contributed by atoms with Crippen molar-refractivity contribution in [2.24, 2.45) is 0 Å². The minimum Gasteiger partial charge on any atom is -0.375 e. The Morgan fingerprint density at radius 3 is 2.43 bits per heavy atom. The molecule has 21 heavy (non-hydrogen) atoms. The van der Waals surface area contributed by atoms with Crippen LogP contribution in [0.5, 0.6) is 0 Å². The van der Waals surface area contributed by atoms with E-state index in [9.17, 15) is 14.5 Å². The zero-order valence-corrected chi connectivity index (χ0v) is 12.0. The van der Waals surface area contributed by atoms with Crippen molar-refractivity contribution in [3.8, 4) is 0 Å². The Labute approximate surface area is 122 Å². The molecule has 0 amide bonds. The Morgan fingerprint density at radius 2 is 1.86 bits per heavy atom. The highest BCUT2D eigenvalue weighted by Crippen LogP contribution is 2.25. The van der Waals surface area contributed by atoms with Crippen molar-refractivity contribution < 1.29 is 9.31 Å². The molecule has 2 aromatic carbocycles. The number of nitrogens with one attached hydrogen (secondary N) is 1. The fraction of sp³-hybridized carbons (Fsp3) is 0.250. The molecule has 0 aliphatic rings. The lowest BCUT2D eigenvalue weighted by atomic mass is 10.0. The molecule has 110 valence electrons. The topological polar surface area (TPSA) is 55.2 Å². The van der Waals surface area contributed by atoms with Gasteiger partial charge in [-0.2, -0.15) is 0 Å². The largest absolute Gasteiger partial charge is 0.375 e. The predicted octanol–water partition coefficient (Wildman–Crippen LogP) is 4.47. The van der Waals surface area contributed by atoms with Crippen LogP contribution >= 0.6 is 0 Å². The maximum absolute atomic E-state index is 13.2. The number of nitro groups is 1. The lowest BCUT2D eigenvalue weighted by molar-refractivity contribution is -0.384. The summed E-state index contributed by atoms with van der Waals surface area (Å²) in [6, 6.07) is 11.4. The molecule has 0 aliphatic carbocycles. The smallest absolute Gasteiger partial charge is 0.292 e. The fourth-order valence-corrected chi connectivity index (χ4v) is 2.03. The van der Waals surface area contributed by atoms with Crippen molar-refractivity contribution in [2.75, 3.05) is 5.32 Å². The second-order valence-electron chi connectivity index (χ2n) is 5.17. The monoisotopic (exact) mass is 288 g/mol. The Morgan fingerprint density at radius 1 is 1.19 bits per heavy atom. The summed E-state index contributed by atoms with van der Waals surface area (Å²) in [4.78, 5) is 10.4. The Bertz CT molecular complexity index is 639. The van der Waals surface area contributed by atoms with Gasteiger partial charge < -0.3 is 5.32 Å². The van der Waals surface area contributed by atoms with Gasteiger partial charge in [0.2, 0.25) is 0 Å². The van der Waals surface area contributed by atoms with Crippen LogP contribution in [0.1, 0.15) is 30.9 Å². The summed E-state index contributed by atoms with van der Waals surface area (Å²) in [5, 5.41) is 13.8. The first kappa shape index (κ1) is 15.0. The van der Waals surface area contributed by atoms with Gasteiger partial charge >= 0.3 is 0 Å². The van der Waals surface area contributed by atoms with Crippen LogP contribution in [0.2, 0.25) is 0 Å². The SMILES string of the molecule is CC(C)c1ccc(CNc2cc(F)ccc2[N+](=O)[O-])cc1. The number of halogens is 1.